The van der Waals surface area contributed by atoms with E-state index in [0.29, 0.717) is 44.9 Å². The summed E-state index contributed by atoms with van der Waals surface area (Å²) in [5, 5.41) is 112. The first-order valence-corrected chi connectivity index (χ1v) is 29.9. The van der Waals surface area contributed by atoms with Gasteiger partial charge in [-0.2, -0.15) is 0 Å². The first-order valence-electron chi connectivity index (χ1n) is 28.6. The van der Waals surface area contributed by atoms with Crippen LogP contribution in [-0.4, -0.2) is 238 Å². The summed E-state index contributed by atoms with van der Waals surface area (Å²) in [4.78, 5) is 27.5. The van der Waals surface area contributed by atoms with Crippen molar-refractivity contribution in [1.29, 1.82) is 0 Å². The number of aliphatic hydroxyl groups is 10. The summed E-state index contributed by atoms with van der Waals surface area (Å²) >= 11 is 0. The van der Waals surface area contributed by atoms with Gasteiger partial charge in [0, 0.05) is 25.9 Å². The maximum absolute atomic E-state index is 14.7. The normalized spacial score (nSPS) is 48.2. The van der Waals surface area contributed by atoms with Crippen LogP contribution in [0.15, 0.2) is 23.0 Å². The third-order valence-electron chi connectivity index (χ3n) is 20.3. The molecular weight excluding hydrogens is 1150 g/mol. The molecule has 9 rings (SSSR count). The Balaban J connectivity index is 0.00000920. The maximum atomic E-state index is 14.7. The van der Waals surface area contributed by atoms with Crippen LogP contribution in [0.4, 0.5) is 0 Å². The number of cyclic esters (lactones) is 1. The summed E-state index contributed by atoms with van der Waals surface area (Å²) in [6.07, 6.45) is -27.4. The topological polar surface area (TPSA) is 404 Å². The average molecular weight is 1230 g/mol. The Morgan fingerprint density at radius 2 is 1.36 bits per heavy atom. The molecule has 1 spiro atoms. The van der Waals surface area contributed by atoms with Gasteiger partial charge in [-0.25, -0.2) is 8.42 Å². The molecule has 0 bridgehead atoms. The molecule has 0 aromatic carbocycles. The number of carbonyl (C=O) groups excluding carboxylic acids is 2. The van der Waals surface area contributed by atoms with Crippen LogP contribution >= 0.6 is 0 Å². The van der Waals surface area contributed by atoms with Gasteiger partial charge < -0.3 is 108 Å². The van der Waals surface area contributed by atoms with Gasteiger partial charge in [0.05, 0.1) is 49.6 Å². The van der Waals surface area contributed by atoms with Gasteiger partial charge in [-0.3, -0.25) is 13.8 Å². The van der Waals surface area contributed by atoms with Crippen LogP contribution < -0.4 is 29.6 Å². The SMILES string of the molecule is CO[C@@H]1[C@@H](O)[C@H](O[C@@H]2[C@@H](O)[C@H](O[C@H]3[C@H](O)[C@@H](O)[C@H](O[C@H]4[C@H](O[C@H]5CC[C@]6(C)[C@H]7CC[C@]89C(=O)O[C@@](C)(CCC=C(C)C)[C@H]8[C@@H](OC(C)=O)C[C@@]9(C)C7=C(O)C[C@H]6C5(C)C)OC[C@@H](OS(=O)(=O)[O-])[C@@H]4O)O[C@@H]3CO)OC[C@H]2O)O[C@H](CO)[C@H]1O.[Na+]. The van der Waals surface area contributed by atoms with Crippen molar-refractivity contribution in [2.45, 2.75) is 235 Å². The molecule has 9 aliphatic rings. The molecule has 0 unspecified atom stereocenters. The molecule has 474 valence electrons. The Kier molecular flexibility index (Phi) is 20.8. The zero-order valence-electron chi connectivity index (χ0n) is 49.2. The first-order chi connectivity index (χ1) is 38.8. The van der Waals surface area contributed by atoms with Crippen molar-refractivity contribution in [3.05, 3.63) is 23.0 Å². The summed E-state index contributed by atoms with van der Waals surface area (Å²) < 4.78 is 106. The van der Waals surface area contributed by atoms with Crippen LogP contribution in [0.2, 0.25) is 0 Å². The van der Waals surface area contributed by atoms with Gasteiger partial charge in [0.15, 0.2) is 25.2 Å². The predicted molar refractivity (Wildman–Crippen MR) is 277 cm³/mol. The average Bonchev–Trinajstić information content (AvgIpc) is 1.44. The van der Waals surface area contributed by atoms with E-state index in [1.165, 1.54) is 14.0 Å². The zero-order valence-corrected chi connectivity index (χ0v) is 52.0. The van der Waals surface area contributed by atoms with Crippen molar-refractivity contribution in [3.63, 3.8) is 0 Å². The molecule has 4 aliphatic carbocycles. The van der Waals surface area contributed by atoms with Gasteiger partial charge in [0.1, 0.15) is 97.2 Å². The summed E-state index contributed by atoms with van der Waals surface area (Å²) in [6.45, 7) is 12.4. The van der Waals surface area contributed by atoms with Gasteiger partial charge in [-0.15, -0.1) is 0 Å². The van der Waals surface area contributed by atoms with E-state index in [0.717, 1.165) is 11.1 Å². The summed E-state index contributed by atoms with van der Waals surface area (Å²) in [7, 11) is -4.29. The molecule has 27 nitrogen and oxygen atoms in total. The van der Waals surface area contributed by atoms with Crippen LogP contribution in [0.3, 0.4) is 0 Å². The molecule has 27 atom stereocenters. The maximum Gasteiger partial charge on any atom is 1.00 e. The Hall–Kier alpha value is -1.63. The molecule has 5 aliphatic heterocycles. The number of rotatable bonds is 17. The number of methoxy groups -OCH3 is 1. The minimum absolute atomic E-state index is 0. The van der Waals surface area contributed by atoms with E-state index in [2.05, 4.69) is 17.2 Å². The van der Waals surface area contributed by atoms with Gasteiger partial charge in [0.25, 0.3) is 0 Å². The molecule has 0 aromatic rings. The van der Waals surface area contributed by atoms with E-state index < -0.39 is 199 Å². The number of allylic oxidation sites excluding steroid dienone is 4. The largest absolute Gasteiger partial charge is 1.00 e. The van der Waals surface area contributed by atoms with Gasteiger partial charge >= 0.3 is 41.5 Å². The first kappa shape index (κ1) is 68.3. The fourth-order valence-electron chi connectivity index (χ4n) is 16.4. The monoisotopic (exact) mass is 1230 g/mol. The van der Waals surface area contributed by atoms with E-state index in [9.17, 15) is 73.6 Å². The molecule has 10 N–H and O–H groups in total. The van der Waals surface area contributed by atoms with E-state index in [4.69, 9.17) is 52.1 Å². The smallest absolute Gasteiger partial charge is 0.726 e. The molecule has 84 heavy (non-hydrogen) atoms. The van der Waals surface area contributed by atoms with Crippen LogP contribution in [0.1, 0.15) is 107 Å². The minimum atomic E-state index is -5.47. The molecule has 29 heteroatoms. The molecule has 0 aromatic heterocycles. The van der Waals surface area contributed by atoms with Crippen LogP contribution in [0.25, 0.3) is 0 Å². The van der Waals surface area contributed by atoms with Crippen molar-refractivity contribution in [1.82, 2.24) is 0 Å². The number of aliphatic hydroxyl groups excluding tert-OH is 10. The molecule has 5 heterocycles. The third-order valence-corrected chi connectivity index (χ3v) is 20.7. The van der Waals surface area contributed by atoms with Gasteiger partial charge in [-0.05, 0) is 94.0 Å². The van der Waals surface area contributed by atoms with Crippen molar-refractivity contribution in [3.8, 4) is 0 Å². The van der Waals surface area contributed by atoms with Crippen molar-refractivity contribution < 1.29 is 159 Å². The summed E-state index contributed by atoms with van der Waals surface area (Å²) in [5.74, 6) is -1.74. The fraction of sp³-hybridized carbons (Fsp3) is 0.891. The van der Waals surface area contributed by atoms with Crippen LogP contribution in [0.5, 0.6) is 0 Å². The molecule has 5 saturated heterocycles. The molecule has 0 radical (unpaired) electrons. The second-order valence-corrected chi connectivity index (χ2v) is 26.8. The Morgan fingerprint density at radius 3 is 1.99 bits per heavy atom. The molecular formula is C55H85NaO27S. The Labute approximate surface area is 510 Å². The van der Waals surface area contributed by atoms with Crippen molar-refractivity contribution in [2.24, 2.45) is 39.4 Å². The third kappa shape index (κ3) is 12.0. The second kappa shape index (κ2) is 25.6. The van der Waals surface area contributed by atoms with E-state index >= 15 is 0 Å². The molecule has 0 amide bonds. The quantitative estimate of drug-likeness (QED) is 0.0219. The Bertz CT molecular complexity index is 2530. The number of hydrogen-bond donors (Lipinski definition) is 10. The summed E-state index contributed by atoms with van der Waals surface area (Å²) in [5.41, 5.74) is -2.47. The standard InChI is InChI=1S/C55H86O27S.Na/c1-23(2)11-10-14-54(8)45-28(74-24(3)58)18-53(7)34-25(12-16-55(45,53)50(67)81-54)52(6)15-13-33(51(4,5)32(52)17-26(34)59)77-49-44(36(62)31(22-73-49)82-83(68,69)70)80-47-38(64)37(63)42(30(20-57)76-47)79-46-39(65)41(27(60)21-72-46)78-48-40(66)43(71-9)35(61)29(19-56)75-48;/h11,25,27-33,35-49,56-57,59-66H,10,12-22H2,1-9H3,(H,68,69,70);/q;+1/p-1/t25-,27+,28-,29+,30+,31+,32-,33-,35+,36-,37+,38+,39+,40+,41-,42+,43-,44+,45+,46-,47-,48-,49-,52+,53-,54-,55+;/m0./s1. The Morgan fingerprint density at radius 1 is 0.738 bits per heavy atom. The number of hydrogen-bond acceptors (Lipinski definition) is 27. The van der Waals surface area contributed by atoms with E-state index in [-0.39, 0.29) is 59.5 Å². The second-order valence-electron chi connectivity index (χ2n) is 25.8. The number of ether oxygens (including phenoxy) is 11. The van der Waals surface area contributed by atoms with Crippen LogP contribution in [-0.2, 0) is 76.3 Å². The minimum Gasteiger partial charge on any atom is -0.726 e. The zero-order chi connectivity index (χ0) is 60.8. The van der Waals surface area contributed by atoms with Crippen LogP contribution in [0, 0.1) is 39.4 Å². The van der Waals surface area contributed by atoms with E-state index in [1.54, 1.807) is 0 Å². The predicted octanol–water partition coefficient (Wildman–Crippen LogP) is -3.86. The fourth-order valence-corrected chi connectivity index (χ4v) is 16.8. The van der Waals surface area contributed by atoms with Gasteiger partial charge in [0.2, 0.25) is 10.4 Å². The molecule has 3 saturated carbocycles. The number of carbonyl (C=O) groups is 2. The number of fused-ring (bicyclic) bond motifs is 4. The summed E-state index contributed by atoms with van der Waals surface area (Å²) in [6, 6.07) is 0. The van der Waals surface area contributed by atoms with Crippen molar-refractivity contribution in [2.75, 3.05) is 33.5 Å². The van der Waals surface area contributed by atoms with Gasteiger partial charge in [-0.1, -0.05) is 39.3 Å². The number of esters is 2. The van der Waals surface area contributed by atoms with Crippen molar-refractivity contribution >= 4 is 22.3 Å². The molecule has 8 fully saturated rings. The van der Waals surface area contributed by atoms with E-state index in [1.807, 2.05) is 41.5 Å².